The van der Waals surface area contributed by atoms with Gasteiger partial charge in [0, 0.05) is 12.1 Å². The fourth-order valence-electron chi connectivity index (χ4n) is 1.62. The highest BCUT2D eigenvalue weighted by Gasteiger charge is 2.15. The number of para-hydroxylation sites is 1. The van der Waals surface area contributed by atoms with Crippen molar-refractivity contribution >= 4 is 26.4 Å². The van der Waals surface area contributed by atoms with E-state index in [1.165, 1.54) is 4.70 Å². The molecule has 2 nitrogen and oxygen atoms in total. The van der Waals surface area contributed by atoms with Crippen LogP contribution in [0.5, 0.6) is 5.75 Å². The summed E-state index contributed by atoms with van der Waals surface area (Å²) in [5, 5.41) is 9.66. The number of aromatic nitrogens is 1. The Morgan fingerprint density at radius 1 is 1.07 bits per heavy atom. The van der Waals surface area contributed by atoms with Gasteiger partial charge in [0.05, 0.1) is 0 Å². The van der Waals surface area contributed by atoms with Crippen LogP contribution in [-0.2, 0) is 0 Å². The SMILES string of the molecule is Oc1ccc[n+]2c1sc1ccccc12. The van der Waals surface area contributed by atoms with Crippen molar-refractivity contribution < 1.29 is 9.51 Å². The Kier molecular flexibility index (Phi) is 1.49. The lowest BCUT2D eigenvalue weighted by Gasteiger charge is -1.85. The van der Waals surface area contributed by atoms with Crippen molar-refractivity contribution in [3.8, 4) is 5.75 Å². The Morgan fingerprint density at radius 3 is 2.86 bits per heavy atom. The third-order valence-electron chi connectivity index (χ3n) is 2.26. The number of benzene rings is 1. The van der Waals surface area contributed by atoms with Crippen LogP contribution in [0, 0.1) is 0 Å². The summed E-state index contributed by atoms with van der Waals surface area (Å²) in [6, 6.07) is 11.7. The third kappa shape index (κ3) is 0.930. The first-order chi connectivity index (χ1) is 6.86. The maximum atomic E-state index is 9.66. The summed E-state index contributed by atoms with van der Waals surface area (Å²) >= 11 is 1.60. The molecule has 1 aromatic carbocycles. The number of hydrogen-bond acceptors (Lipinski definition) is 2. The maximum Gasteiger partial charge on any atom is 0.310 e. The van der Waals surface area contributed by atoms with E-state index in [-0.39, 0.29) is 0 Å². The Bertz CT molecular complexity index is 615. The molecular formula is C11H8NOS+. The van der Waals surface area contributed by atoms with Crippen molar-refractivity contribution in [2.45, 2.75) is 0 Å². The van der Waals surface area contributed by atoms with E-state index < -0.39 is 0 Å². The quantitative estimate of drug-likeness (QED) is 0.556. The number of hydrogen-bond donors (Lipinski definition) is 1. The van der Waals surface area contributed by atoms with Crippen LogP contribution in [0.3, 0.4) is 0 Å². The molecule has 3 aromatic rings. The van der Waals surface area contributed by atoms with E-state index in [0.29, 0.717) is 5.75 Å². The zero-order valence-electron chi connectivity index (χ0n) is 7.34. The number of thiazole rings is 1. The molecule has 0 amide bonds. The average Bonchev–Trinajstić information content (AvgIpc) is 2.59. The van der Waals surface area contributed by atoms with Crippen LogP contribution in [0.1, 0.15) is 0 Å². The van der Waals surface area contributed by atoms with Crippen LogP contribution in [0.25, 0.3) is 15.0 Å². The lowest BCUT2D eigenvalue weighted by atomic mass is 10.3. The van der Waals surface area contributed by atoms with Gasteiger partial charge in [0.1, 0.15) is 4.70 Å². The lowest BCUT2D eigenvalue weighted by Crippen LogP contribution is -2.17. The summed E-state index contributed by atoms with van der Waals surface area (Å²) in [4.78, 5) is 0.897. The molecule has 0 aliphatic rings. The highest BCUT2D eigenvalue weighted by Crippen LogP contribution is 2.26. The predicted molar refractivity (Wildman–Crippen MR) is 56.6 cm³/mol. The largest absolute Gasteiger partial charge is 0.502 e. The Morgan fingerprint density at radius 2 is 1.93 bits per heavy atom. The number of pyridine rings is 1. The van der Waals surface area contributed by atoms with Crippen molar-refractivity contribution in [1.82, 2.24) is 0 Å². The Balaban J connectivity index is 2.63. The van der Waals surface area contributed by atoms with Crippen molar-refractivity contribution in [3.63, 3.8) is 0 Å². The summed E-state index contributed by atoms with van der Waals surface area (Å²) in [5.74, 6) is 0.341. The topological polar surface area (TPSA) is 24.3 Å². The second-order valence-electron chi connectivity index (χ2n) is 3.14. The van der Waals surface area contributed by atoms with Crippen LogP contribution in [-0.4, -0.2) is 5.11 Å². The number of rotatable bonds is 0. The molecule has 3 heteroatoms. The maximum absolute atomic E-state index is 9.66. The monoisotopic (exact) mass is 202 g/mol. The molecule has 0 aliphatic heterocycles. The standard InChI is InChI=1S/C11H7NOS/c13-9-5-3-7-12-8-4-1-2-6-10(8)14-11(9)12/h1-7H/p+1. The van der Waals surface area contributed by atoms with Crippen molar-refractivity contribution in [2.24, 2.45) is 0 Å². The van der Waals surface area contributed by atoms with Gasteiger partial charge in [-0.05, 0) is 12.1 Å². The molecule has 68 valence electrons. The zero-order valence-corrected chi connectivity index (χ0v) is 8.16. The Labute approximate surface area is 84.7 Å². The summed E-state index contributed by atoms with van der Waals surface area (Å²) in [6.07, 6.45) is 1.97. The van der Waals surface area contributed by atoms with Gasteiger partial charge in [0.25, 0.3) is 0 Å². The van der Waals surface area contributed by atoms with Crippen molar-refractivity contribution in [2.75, 3.05) is 0 Å². The second kappa shape index (κ2) is 2.69. The van der Waals surface area contributed by atoms with Crippen LogP contribution < -0.4 is 4.40 Å². The minimum absolute atomic E-state index is 0.341. The van der Waals surface area contributed by atoms with Gasteiger partial charge in [-0.25, -0.2) is 0 Å². The molecule has 0 spiro atoms. The molecule has 0 saturated carbocycles. The molecule has 0 fully saturated rings. The van der Waals surface area contributed by atoms with E-state index in [2.05, 4.69) is 12.1 Å². The van der Waals surface area contributed by atoms with Gasteiger partial charge in [-0.3, -0.25) is 0 Å². The van der Waals surface area contributed by atoms with Gasteiger partial charge in [0.15, 0.2) is 6.20 Å². The van der Waals surface area contributed by atoms with Crippen LogP contribution in [0.4, 0.5) is 0 Å². The van der Waals surface area contributed by atoms with Crippen LogP contribution >= 0.6 is 11.3 Å². The van der Waals surface area contributed by atoms with Gasteiger partial charge in [-0.2, -0.15) is 0 Å². The number of aromatic hydroxyl groups is 1. The zero-order chi connectivity index (χ0) is 9.54. The first kappa shape index (κ1) is 7.76. The van der Waals surface area contributed by atoms with E-state index in [1.54, 1.807) is 17.4 Å². The molecule has 14 heavy (non-hydrogen) atoms. The molecule has 2 heterocycles. The predicted octanol–water partition coefficient (Wildman–Crippen LogP) is 2.35. The van der Waals surface area contributed by atoms with Crippen LogP contribution in [0.15, 0.2) is 42.6 Å². The molecular weight excluding hydrogens is 194 g/mol. The summed E-state index contributed by atoms with van der Waals surface area (Å²) < 4.78 is 3.20. The van der Waals surface area contributed by atoms with Crippen molar-refractivity contribution in [1.29, 1.82) is 0 Å². The minimum Gasteiger partial charge on any atom is -0.502 e. The summed E-state index contributed by atoms with van der Waals surface area (Å²) in [5.41, 5.74) is 1.14. The van der Waals surface area contributed by atoms with Gasteiger partial charge in [0.2, 0.25) is 11.3 Å². The van der Waals surface area contributed by atoms with E-state index >= 15 is 0 Å². The smallest absolute Gasteiger partial charge is 0.310 e. The first-order valence-electron chi connectivity index (χ1n) is 4.37. The van der Waals surface area contributed by atoms with Crippen molar-refractivity contribution in [3.05, 3.63) is 42.6 Å². The van der Waals surface area contributed by atoms with E-state index in [9.17, 15) is 5.11 Å². The molecule has 1 N–H and O–H groups in total. The number of fused-ring (bicyclic) bond motifs is 3. The Hall–Kier alpha value is -1.61. The lowest BCUT2D eigenvalue weighted by molar-refractivity contribution is -0.478. The fourth-order valence-corrected chi connectivity index (χ4v) is 2.68. The average molecular weight is 202 g/mol. The van der Waals surface area contributed by atoms with Gasteiger partial charge in [-0.15, -0.1) is 4.40 Å². The molecule has 2 aromatic heterocycles. The van der Waals surface area contributed by atoms with E-state index in [4.69, 9.17) is 0 Å². The van der Waals surface area contributed by atoms with E-state index in [1.807, 2.05) is 28.8 Å². The highest BCUT2D eigenvalue weighted by atomic mass is 32.1. The third-order valence-corrected chi connectivity index (χ3v) is 3.42. The first-order valence-corrected chi connectivity index (χ1v) is 5.19. The van der Waals surface area contributed by atoms with Gasteiger partial charge in [-0.1, -0.05) is 23.5 Å². The molecule has 0 bridgehead atoms. The van der Waals surface area contributed by atoms with Gasteiger partial charge < -0.3 is 5.11 Å². The minimum atomic E-state index is 0.341. The molecule has 0 aliphatic carbocycles. The van der Waals surface area contributed by atoms with Crippen LogP contribution in [0.2, 0.25) is 0 Å². The fraction of sp³-hybridized carbons (Fsp3) is 0. The summed E-state index contributed by atoms with van der Waals surface area (Å²) in [6.45, 7) is 0. The van der Waals surface area contributed by atoms with E-state index in [0.717, 1.165) is 10.3 Å². The summed E-state index contributed by atoms with van der Waals surface area (Å²) in [7, 11) is 0. The normalized spacial score (nSPS) is 11.1. The molecule has 0 saturated heterocycles. The molecule has 3 rings (SSSR count). The second-order valence-corrected chi connectivity index (χ2v) is 4.17. The number of nitrogens with zero attached hydrogens (tertiary/aromatic N) is 1. The highest BCUT2D eigenvalue weighted by molar-refractivity contribution is 7.23. The van der Waals surface area contributed by atoms with Gasteiger partial charge >= 0.3 is 4.83 Å². The molecule has 0 radical (unpaired) electrons. The molecule has 0 atom stereocenters. The molecule has 0 unspecified atom stereocenters.